The van der Waals surface area contributed by atoms with Crippen LogP contribution in [0.4, 0.5) is 0 Å². The molecule has 6 nitrogen and oxygen atoms in total. The number of ether oxygens (including phenoxy) is 1. The Kier molecular flexibility index (Phi) is 5.12. The molecule has 1 atom stereocenters. The van der Waals surface area contributed by atoms with Gasteiger partial charge in [0.05, 0.1) is 13.0 Å². The van der Waals surface area contributed by atoms with E-state index in [4.69, 9.17) is 0 Å². The molecule has 1 heterocycles. The van der Waals surface area contributed by atoms with Crippen LogP contribution in [-0.2, 0) is 19.1 Å². The van der Waals surface area contributed by atoms with Crippen molar-refractivity contribution in [1.82, 2.24) is 10.2 Å². The van der Waals surface area contributed by atoms with Crippen molar-refractivity contribution in [2.75, 3.05) is 26.7 Å². The molecule has 1 aliphatic rings. The summed E-state index contributed by atoms with van der Waals surface area (Å²) in [7, 11) is 1.26. The van der Waals surface area contributed by atoms with Gasteiger partial charge in [-0.2, -0.15) is 0 Å². The van der Waals surface area contributed by atoms with Crippen LogP contribution in [-0.4, -0.2) is 49.4 Å². The molecule has 6 heteroatoms. The van der Waals surface area contributed by atoms with Crippen molar-refractivity contribution in [3.05, 3.63) is 0 Å². The van der Waals surface area contributed by atoms with Crippen LogP contribution in [0.25, 0.3) is 0 Å². The SMILES string of the molecule is COC(=O)CNC(=O)C1CC(=O)N(CC(C)C)C1. The Morgan fingerprint density at radius 1 is 1.50 bits per heavy atom. The summed E-state index contributed by atoms with van der Waals surface area (Å²) in [4.78, 5) is 36.0. The molecule has 1 saturated heterocycles. The number of carbonyl (C=O) groups is 3. The van der Waals surface area contributed by atoms with Gasteiger partial charge in [-0.1, -0.05) is 13.8 Å². The number of likely N-dealkylation sites (tertiary alicyclic amines) is 1. The molecule has 1 unspecified atom stereocenters. The second-order valence-electron chi connectivity index (χ2n) is 4.89. The van der Waals surface area contributed by atoms with Gasteiger partial charge >= 0.3 is 5.97 Å². The first-order chi connectivity index (χ1) is 8.43. The van der Waals surface area contributed by atoms with Crippen molar-refractivity contribution in [1.29, 1.82) is 0 Å². The van der Waals surface area contributed by atoms with Gasteiger partial charge in [-0.3, -0.25) is 14.4 Å². The summed E-state index contributed by atoms with van der Waals surface area (Å²) in [5.74, 6) is -0.736. The second kappa shape index (κ2) is 6.37. The first kappa shape index (κ1) is 14.5. The summed E-state index contributed by atoms with van der Waals surface area (Å²) in [5, 5.41) is 2.48. The highest BCUT2D eigenvalue weighted by Gasteiger charge is 2.34. The number of nitrogens with one attached hydrogen (secondary N) is 1. The molecule has 102 valence electrons. The van der Waals surface area contributed by atoms with Crippen molar-refractivity contribution in [2.45, 2.75) is 20.3 Å². The Balaban J connectivity index is 2.42. The Bertz CT molecular complexity index is 341. The molecule has 18 heavy (non-hydrogen) atoms. The monoisotopic (exact) mass is 256 g/mol. The van der Waals surface area contributed by atoms with Gasteiger partial charge in [0.1, 0.15) is 6.54 Å². The van der Waals surface area contributed by atoms with Crippen molar-refractivity contribution in [3.63, 3.8) is 0 Å². The van der Waals surface area contributed by atoms with Crippen molar-refractivity contribution >= 4 is 17.8 Å². The number of methoxy groups -OCH3 is 1. The fraction of sp³-hybridized carbons (Fsp3) is 0.750. The summed E-state index contributed by atoms with van der Waals surface area (Å²) in [6.45, 7) is 5.00. The molecule has 0 aromatic heterocycles. The Morgan fingerprint density at radius 3 is 2.72 bits per heavy atom. The molecule has 1 N–H and O–H groups in total. The molecule has 0 aromatic rings. The van der Waals surface area contributed by atoms with Gasteiger partial charge in [0.15, 0.2) is 0 Å². The van der Waals surface area contributed by atoms with E-state index in [-0.39, 0.29) is 30.7 Å². The van der Waals surface area contributed by atoms with Gasteiger partial charge < -0.3 is 15.0 Å². The lowest BCUT2D eigenvalue weighted by Crippen LogP contribution is -2.36. The van der Waals surface area contributed by atoms with E-state index in [0.29, 0.717) is 19.0 Å². The normalized spacial score (nSPS) is 19.2. The number of hydrogen-bond donors (Lipinski definition) is 1. The predicted octanol–water partition coefficient (Wildman–Crippen LogP) is -0.220. The highest BCUT2D eigenvalue weighted by atomic mass is 16.5. The quantitative estimate of drug-likeness (QED) is 0.690. The maximum Gasteiger partial charge on any atom is 0.325 e. The highest BCUT2D eigenvalue weighted by Crippen LogP contribution is 2.18. The van der Waals surface area contributed by atoms with Crippen molar-refractivity contribution in [3.8, 4) is 0 Å². The second-order valence-corrected chi connectivity index (χ2v) is 4.89. The molecule has 1 rings (SSSR count). The van der Waals surface area contributed by atoms with E-state index >= 15 is 0 Å². The topological polar surface area (TPSA) is 75.7 Å². The minimum Gasteiger partial charge on any atom is -0.468 e. The number of nitrogens with zero attached hydrogens (tertiary/aromatic N) is 1. The zero-order valence-electron chi connectivity index (χ0n) is 11.1. The molecule has 0 radical (unpaired) electrons. The number of esters is 1. The fourth-order valence-corrected chi connectivity index (χ4v) is 1.94. The van der Waals surface area contributed by atoms with Gasteiger partial charge in [0, 0.05) is 19.5 Å². The van der Waals surface area contributed by atoms with Gasteiger partial charge in [-0.05, 0) is 5.92 Å². The van der Waals surface area contributed by atoms with E-state index in [9.17, 15) is 14.4 Å². The molecule has 0 spiro atoms. The average molecular weight is 256 g/mol. The Hall–Kier alpha value is -1.59. The van der Waals surface area contributed by atoms with E-state index < -0.39 is 5.97 Å². The largest absolute Gasteiger partial charge is 0.468 e. The van der Waals surface area contributed by atoms with Gasteiger partial charge in [-0.25, -0.2) is 0 Å². The van der Waals surface area contributed by atoms with Crippen LogP contribution in [0, 0.1) is 11.8 Å². The van der Waals surface area contributed by atoms with Crippen molar-refractivity contribution < 1.29 is 19.1 Å². The number of amides is 2. The van der Waals surface area contributed by atoms with Crippen LogP contribution >= 0.6 is 0 Å². The first-order valence-electron chi connectivity index (χ1n) is 6.06. The third-order valence-corrected chi connectivity index (χ3v) is 2.81. The molecular weight excluding hydrogens is 236 g/mol. The zero-order valence-corrected chi connectivity index (χ0v) is 11.1. The Labute approximate surface area is 107 Å². The van der Waals surface area contributed by atoms with Crippen molar-refractivity contribution in [2.24, 2.45) is 11.8 Å². The highest BCUT2D eigenvalue weighted by molar-refractivity contribution is 5.90. The van der Waals surface area contributed by atoms with Gasteiger partial charge in [0.25, 0.3) is 0 Å². The Morgan fingerprint density at radius 2 is 2.17 bits per heavy atom. The maximum absolute atomic E-state index is 11.7. The minimum atomic E-state index is -0.494. The summed E-state index contributed by atoms with van der Waals surface area (Å²) < 4.78 is 4.43. The number of carbonyl (C=O) groups excluding carboxylic acids is 3. The standard InChI is InChI=1S/C12H20N2O4/c1-8(2)6-14-7-9(4-10(14)15)12(17)13-5-11(16)18-3/h8-9H,4-7H2,1-3H3,(H,13,17). The summed E-state index contributed by atoms with van der Waals surface area (Å²) in [6, 6.07) is 0. The van der Waals surface area contributed by atoms with Crippen LogP contribution in [0.1, 0.15) is 20.3 Å². The van der Waals surface area contributed by atoms with Crippen LogP contribution in [0.15, 0.2) is 0 Å². The molecule has 0 bridgehead atoms. The van der Waals surface area contributed by atoms with Crippen LogP contribution in [0.5, 0.6) is 0 Å². The molecule has 0 aliphatic carbocycles. The van der Waals surface area contributed by atoms with E-state index in [1.807, 2.05) is 13.8 Å². The lowest BCUT2D eigenvalue weighted by atomic mass is 10.1. The third kappa shape index (κ3) is 4.01. The summed E-state index contributed by atoms with van der Waals surface area (Å²) in [5.41, 5.74) is 0. The lowest BCUT2D eigenvalue weighted by molar-refractivity contribution is -0.141. The first-order valence-corrected chi connectivity index (χ1v) is 6.06. The molecule has 2 amide bonds. The van der Waals surface area contributed by atoms with Crippen LogP contribution in [0.3, 0.4) is 0 Å². The van der Waals surface area contributed by atoms with Gasteiger partial charge in [-0.15, -0.1) is 0 Å². The van der Waals surface area contributed by atoms with E-state index in [2.05, 4.69) is 10.1 Å². The molecular formula is C12H20N2O4. The summed E-state index contributed by atoms with van der Waals surface area (Å²) >= 11 is 0. The lowest BCUT2D eigenvalue weighted by Gasteiger charge is -2.18. The smallest absolute Gasteiger partial charge is 0.325 e. The maximum atomic E-state index is 11.7. The van der Waals surface area contributed by atoms with Crippen LogP contribution < -0.4 is 5.32 Å². The molecule has 1 fully saturated rings. The average Bonchev–Trinajstić information content (AvgIpc) is 2.66. The van der Waals surface area contributed by atoms with E-state index in [1.54, 1.807) is 4.90 Å². The molecule has 0 aromatic carbocycles. The third-order valence-electron chi connectivity index (χ3n) is 2.81. The fourth-order valence-electron chi connectivity index (χ4n) is 1.94. The van der Waals surface area contributed by atoms with Crippen LogP contribution in [0.2, 0.25) is 0 Å². The van der Waals surface area contributed by atoms with Gasteiger partial charge in [0.2, 0.25) is 11.8 Å². The van der Waals surface area contributed by atoms with E-state index in [0.717, 1.165) is 0 Å². The zero-order chi connectivity index (χ0) is 13.7. The molecule has 0 saturated carbocycles. The predicted molar refractivity (Wildman–Crippen MR) is 64.6 cm³/mol. The summed E-state index contributed by atoms with van der Waals surface area (Å²) in [6.07, 6.45) is 0.222. The minimum absolute atomic E-state index is 0.00178. The van der Waals surface area contributed by atoms with E-state index in [1.165, 1.54) is 7.11 Å². The molecule has 1 aliphatic heterocycles. The number of rotatable bonds is 5. The number of hydrogen-bond acceptors (Lipinski definition) is 4.